The molecule has 0 heterocycles. The number of amides is 2. The largest absolute Gasteiger partial charge is 0.497 e. The average Bonchev–Trinajstić information content (AvgIpc) is 3.05. The highest BCUT2D eigenvalue weighted by Gasteiger charge is 2.35. The second kappa shape index (κ2) is 15.6. The van der Waals surface area contributed by atoms with Crippen LogP contribution in [-0.2, 0) is 32.6 Å². The molecular weight excluding hydrogens is 632 g/mol. The molecule has 1 N–H and O–H groups in total. The van der Waals surface area contributed by atoms with Gasteiger partial charge in [0.05, 0.1) is 22.6 Å². The Morgan fingerprint density at radius 1 is 0.896 bits per heavy atom. The van der Waals surface area contributed by atoms with Crippen LogP contribution in [0, 0.1) is 24.0 Å². The van der Waals surface area contributed by atoms with Crippen LogP contribution < -0.4 is 14.4 Å². The number of benzene rings is 4. The van der Waals surface area contributed by atoms with Gasteiger partial charge in [-0.2, -0.15) is 0 Å². The van der Waals surface area contributed by atoms with Crippen molar-refractivity contribution in [1.82, 2.24) is 10.2 Å². The molecule has 1 atom stereocenters. The summed E-state index contributed by atoms with van der Waals surface area (Å²) in [5, 5.41) is 14.7. The molecule has 48 heavy (non-hydrogen) atoms. The number of rotatable bonds is 14. The zero-order valence-corrected chi connectivity index (χ0v) is 28.4. The molecule has 0 fully saturated rings. The lowest BCUT2D eigenvalue weighted by molar-refractivity contribution is -0.385. The van der Waals surface area contributed by atoms with Crippen LogP contribution in [0.25, 0.3) is 0 Å². The van der Waals surface area contributed by atoms with Gasteiger partial charge < -0.3 is 15.0 Å². The minimum atomic E-state index is -4.54. The molecule has 0 radical (unpaired) electrons. The van der Waals surface area contributed by atoms with Gasteiger partial charge >= 0.3 is 0 Å². The third-order valence-corrected chi connectivity index (χ3v) is 9.51. The second-order valence-corrected chi connectivity index (χ2v) is 13.7. The van der Waals surface area contributed by atoms with Crippen molar-refractivity contribution >= 4 is 33.2 Å². The van der Waals surface area contributed by atoms with Gasteiger partial charge in [-0.25, -0.2) is 8.42 Å². The van der Waals surface area contributed by atoms with Crippen LogP contribution in [0.4, 0.5) is 11.4 Å². The number of methoxy groups -OCH3 is 1. The van der Waals surface area contributed by atoms with Crippen molar-refractivity contribution in [3.8, 4) is 5.75 Å². The van der Waals surface area contributed by atoms with Crippen LogP contribution in [-0.4, -0.2) is 55.8 Å². The van der Waals surface area contributed by atoms with Crippen molar-refractivity contribution < 1.29 is 27.7 Å². The summed E-state index contributed by atoms with van der Waals surface area (Å²) in [6.07, 6.45) is 0.177. The molecule has 0 saturated heterocycles. The van der Waals surface area contributed by atoms with E-state index in [0.29, 0.717) is 5.75 Å². The molecule has 252 valence electrons. The highest BCUT2D eigenvalue weighted by Crippen LogP contribution is 2.30. The van der Waals surface area contributed by atoms with E-state index in [1.54, 1.807) is 12.1 Å². The minimum Gasteiger partial charge on any atom is -0.497 e. The smallest absolute Gasteiger partial charge is 0.273 e. The number of aryl methyl sites for hydroxylation is 2. The van der Waals surface area contributed by atoms with E-state index in [4.69, 9.17) is 4.74 Å². The fourth-order valence-electron chi connectivity index (χ4n) is 5.29. The molecule has 4 aromatic rings. The first-order valence-electron chi connectivity index (χ1n) is 15.4. The average molecular weight is 673 g/mol. The van der Waals surface area contributed by atoms with E-state index < -0.39 is 33.4 Å². The Kier molecular flexibility index (Phi) is 11.6. The third-order valence-electron chi connectivity index (χ3n) is 7.74. The van der Waals surface area contributed by atoms with Crippen LogP contribution >= 0.6 is 0 Å². The normalized spacial score (nSPS) is 11.9. The van der Waals surface area contributed by atoms with Gasteiger partial charge in [0.2, 0.25) is 11.8 Å². The molecule has 0 aliphatic heterocycles. The lowest BCUT2D eigenvalue weighted by Gasteiger charge is -2.34. The molecule has 12 heteroatoms. The summed E-state index contributed by atoms with van der Waals surface area (Å²) >= 11 is 0. The Bertz CT molecular complexity index is 1860. The van der Waals surface area contributed by atoms with Crippen LogP contribution in [0.15, 0.2) is 102 Å². The van der Waals surface area contributed by atoms with Gasteiger partial charge in [-0.1, -0.05) is 66.2 Å². The maximum Gasteiger partial charge on any atom is 0.273 e. The first-order valence-corrected chi connectivity index (χ1v) is 16.8. The number of nitrogens with zero attached hydrogens (tertiary/aromatic N) is 3. The predicted octanol–water partition coefficient (Wildman–Crippen LogP) is 5.58. The Balaban J connectivity index is 1.84. The number of hydrogen-bond donors (Lipinski definition) is 1. The molecule has 0 aliphatic carbocycles. The number of hydrogen-bond acceptors (Lipinski definition) is 7. The van der Waals surface area contributed by atoms with Gasteiger partial charge in [0.1, 0.15) is 18.3 Å². The van der Waals surface area contributed by atoms with Crippen molar-refractivity contribution in [3.05, 3.63) is 129 Å². The van der Waals surface area contributed by atoms with Gasteiger partial charge in [0, 0.05) is 30.6 Å². The van der Waals surface area contributed by atoms with Crippen LogP contribution in [0.1, 0.15) is 36.1 Å². The Labute approximate surface area is 281 Å². The predicted molar refractivity (Wildman–Crippen MR) is 184 cm³/mol. The molecule has 0 unspecified atom stereocenters. The molecule has 0 aliphatic rings. The van der Waals surface area contributed by atoms with Crippen molar-refractivity contribution in [2.24, 2.45) is 0 Å². The molecular formula is C36H40N4O7S. The fourth-order valence-corrected chi connectivity index (χ4v) is 6.73. The van der Waals surface area contributed by atoms with Crippen LogP contribution in [0.5, 0.6) is 5.75 Å². The maximum atomic E-state index is 14.6. The summed E-state index contributed by atoms with van der Waals surface area (Å²) in [6.45, 7) is 6.41. The van der Waals surface area contributed by atoms with E-state index in [1.165, 1.54) is 43.2 Å². The van der Waals surface area contributed by atoms with Crippen LogP contribution in [0.3, 0.4) is 0 Å². The standard InChI is InChI=1S/C36H40N4O7S/c1-25(2)37-36(42)34(21-28-11-7-6-8-12-28)38(23-29-13-9-10-26(3)20-29)35(41)24-39(30-15-17-31(47-5)18-16-30)48(45,46)32-19-14-27(4)33(22-32)40(43)44/h6-20,22,25,34H,21,23-24H2,1-5H3,(H,37,42)/t34-/m0/s1. The topological polar surface area (TPSA) is 139 Å². The van der Waals surface area contributed by atoms with E-state index >= 15 is 0 Å². The number of carbonyl (C=O) groups excluding carboxylic acids is 2. The minimum absolute atomic E-state index is 0.0238. The first-order chi connectivity index (χ1) is 22.8. The molecule has 2 amide bonds. The fraction of sp³-hybridized carbons (Fsp3) is 0.278. The van der Waals surface area contributed by atoms with Gasteiger partial charge in [-0.05, 0) is 69.2 Å². The highest BCUT2D eigenvalue weighted by atomic mass is 32.2. The van der Waals surface area contributed by atoms with Gasteiger partial charge in [-0.15, -0.1) is 0 Å². The van der Waals surface area contributed by atoms with Crippen molar-refractivity contribution in [3.63, 3.8) is 0 Å². The molecule has 0 saturated carbocycles. The molecule has 4 rings (SSSR count). The van der Waals surface area contributed by atoms with Crippen molar-refractivity contribution in [1.29, 1.82) is 0 Å². The van der Waals surface area contributed by atoms with Gasteiger partial charge in [0.25, 0.3) is 15.7 Å². The summed E-state index contributed by atoms with van der Waals surface area (Å²) in [7, 11) is -3.07. The van der Waals surface area contributed by atoms with Crippen molar-refractivity contribution in [2.75, 3.05) is 18.0 Å². The number of anilines is 1. The zero-order chi connectivity index (χ0) is 35.0. The summed E-state index contributed by atoms with van der Waals surface area (Å²) in [5.74, 6) is -0.567. The third kappa shape index (κ3) is 8.77. The summed E-state index contributed by atoms with van der Waals surface area (Å²) in [5.41, 5.74) is 2.58. The molecule has 0 bridgehead atoms. The van der Waals surface area contributed by atoms with E-state index in [-0.39, 0.29) is 46.7 Å². The highest BCUT2D eigenvalue weighted by molar-refractivity contribution is 7.92. The summed E-state index contributed by atoms with van der Waals surface area (Å²) in [6, 6.07) is 25.3. The lowest BCUT2D eigenvalue weighted by atomic mass is 10.0. The Morgan fingerprint density at radius 3 is 2.17 bits per heavy atom. The van der Waals surface area contributed by atoms with Gasteiger partial charge in [0.15, 0.2) is 0 Å². The number of nitro groups is 1. The van der Waals surface area contributed by atoms with E-state index in [2.05, 4.69) is 5.32 Å². The number of nitrogens with one attached hydrogen (secondary N) is 1. The van der Waals surface area contributed by atoms with E-state index in [0.717, 1.165) is 27.1 Å². The van der Waals surface area contributed by atoms with Gasteiger partial charge in [-0.3, -0.25) is 24.0 Å². The summed E-state index contributed by atoms with van der Waals surface area (Å²) < 4.78 is 34.8. The van der Waals surface area contributed by atoms with E-state index in [1.807, 2.05) is 75.4 Å². The molecule has 0 spiro atoms. The first kappa shape index (κ1) is 35.6. The molecule has 0 aromatic heterocycles. The van der Waals surface area contributed by atoms with E-state index in [9.17, 15) is 28.1 Å². The molecule has 4 aromatic carbocycles. The zero-order valence-electron chi connectivity index (χ0n) is 27.6. The second-order valence-electron chi connectivity index (χ2n) is 11.8. The number of ether oxygens (including phenoxy) is 1. The number of nitro benzene ring substituents is 1. The maximum absolute atomic E-state index is 14.6. The Morgan fingerprint density at radius 2 is 1.56 bits per heavy atom. The quantitative estimate of drug-likeness (QED) is 0.136. The monoisotopic (exact) mass is 672 g/mol. The SMILES string of the molecule is COc1ccc(N(CC(=O)N(Cc2cccc(C)c2)[C@@H](Cc2ccccc2)C(=O)NC(C)C)S(=O)(=O)c2ccc(C)c([N+](=O)[O-])c2)cc1. The van der Waals surface area contributed by atoms with Crippen LogP contribution in [0.2, 0.25) is 0 Å². The number of sulfonamides is 1. The lowest BCUT2D eigenvalue weighted by Crippen LogP contribution is -2.54. The number of carbonyl (C=O) groups is 2. The Hall–Kier alpha value is -5.23. The molecule has 11 nitrogen and oxygen atoms in total. The van der Waals surface area contributed by atoms with Crippen molar-refractivity contribution in [2.45, 2.75) is 57.6 Å². The summed E-state index contributed by atoms with van der Waals surface area (Å²) in [4.78, 5) is 40.5.